The van der Waals surface area contributed by atoms with Gasteiger partial charge in [0.2, 0.25) is 0 Å². The summed E-state index contributed by atoms with van der Waals surface area (Å²) in [5.74, 6) is 1.68. The Morgan fingerprint density at radius 3 is 3.13 bits per heavy atom. The van der Waals surface area contributed by atoms with E-state index in [4.69, 9.17) is 0 Å². The molecule has 0 amide bonds. The van der Waals surface area contributed by atoms with Gasteiger partial charge in [-0.1, -0.05) is 13.8 Å². The molecular weight excluding hydrogens is 254 g/mol. The molecule has 1 unspecified atom stereocenters. The molecule has 0 saturated heterocycles. The quantitative estimate of drug-likeness (QED) is 0.867. The van der Waals surface area contributed by atoms with E-state index in [2.05, 4.69) is 51.5 Å². The van der Waals surface area contributed by atoms with Gasteiger partial charge in [0.15, 0.2) is 0 Å². The van der Waals surface area contributed by atoms with Crippen molar-refractivity contribution in [1.29, 1.82) is 0 Å². The summed E-state index contributed by atoms with van der Waals surface area (Å²) in [6.45, 7) is 5.46. The van der Waals surface area contributed by atoms with Crippen LogP contribution in [0.1, 0.15) is 20.3 Å². The van der Waals surface area contributed by atoms with Crippen molar-refractivity contribution >= 4 is 27.4 Å². The highest BCUT2D eigenvalue weighted by Gasteiger charge is 2.18. The molecule has 2 rings (SSSR count). The van der Waals surface area contributed by atoms with Gasteiger partial charge in [0.25, 0.3) is 0 Å². The van der Waals surface area contributed by atoms with Crippen molar-refractivity contribution in [2.24, 2.45) is 5.92 Å². The van der Waals surface area contributed by atoms with Crippen LogP contribution in [0.25, 0.3) is 0 Å². The number of hydrogen-bond acceptors (Lipinski definition) is 3. The van der Waals surface area contributed by atoms with E-state index in [-0.39, 0.29) is 0 Å². The van der Waals surface area contributed by atoms with Gasteiger partial charge in [-0.25, -0.2) is 4.98 Å². The average molecular weight is 270 g/mol. The monoisotopic (exact) mass is 269 g/mol. The second-order valence-corrected chi connectivity index (χ2v) is 5.32. The fourth-order valence-electron chi connectivity index (χ4n) is 1.88. The first-order valence-corrected chi connectivity index (χ1v) is 6.10. The molecule has 4 heteroatoms. The fraction of sp³-hybridized carbons (Fsp3) is 0.545. The number of fused-ring (bicyclic) bond motifs is 1. The van der Waals surface area contributed by atoms with E-state index in [0.29, 0.717) is 12.0 Å². The molecule has 0 aliphatic carbocycles. The van der Waals surface area contributed by atoms with Crippen LogP contribution in [0.15, 0.2) is 16.7 Å². The number of hydrogen-bond donors (Lipinski definition) is 2. The van der Waals surface area contributed by atoms with Crippen LogP contribution in [0.2, 0.25) is 0 Å². The minimum absolute atomic E-state index is 0.492. The number of aromatic nitrogens is 1. The number of nitrogens with one attached hydrogen (secondary N) is 2. The van der Waals surface area contributed by atoms with Crippen LogP contribution in [0, 0.1) is 5.92 Å². The summed E-state index contributed by atoms with van der Waals surface area (Å²) in [5, 5.41) is 6.86. The Balaban J connectivity index is 2.10. The van der Waals surface area contributed by atoms with Crippen molar-refractivity contribution in [2.45, 2.75) is 26.3 Å². The largest absolute Gasteiger partial charge is 0.380 e. The van der Waals surface area contributed by atoms with Crippen molar-refractivity contribution in [2.75, 3.05) is 17.2 Å². The Kier molecular flexibility index (Phi) is 3.14. The van der Waals surface area contributed by atoms with Crippen LogP contribution in [-0.4, -0.2) is 17.6 Å². The smallest absolute Gasteiger partial charge is 0.149 e. The molecule has 3 nitrogen and oxygen atoms in total. The molecule has 0 radical (unpaired) electrons. The molecular formula is C11H16BrN3. The first kappa shape index (κ1) is 10.7. The Bertz CT molecular complexity index is 352. The SMILES string of the molecule is CC(C)CC1CNc2cc(Br)cnc2N1. The maximum Gasteiger partial charge on any atom is 0.149 e. The van der Waals surface area contributed by atoms with Crippen molar-refractivity contribution in [3.05, 3.63) is 16.7 Å². The van der Waals surface area contributed by atoms with Crippen molar-refractivity contribution in [3.8, 4) is 0 Å². The molecule has 1 aliphatic rings. The standard InChI is InChI=1S/C11H16BrN3/c1-7(2)3-9-6-13-10-4-8(12)5-14-11(10)15-9/h4-5,7,9,13H,3,6H2,1-2H3,(H,14,15). The number of rotatable bonds is 2. The maximum absolute atomic E-state index is 4.36. The highest BCUT2D eigenvalue weighted by molar-refractivity contribution is 9.10. The van der Waals surface area contributed by atoms with Gasteiger partial charge in [0.1, 0.15) is 5.82 Å². The summed E-state index contributed by atoms with van der Waals surface area (Å²) in [6.07, 6.45) is 3.00. The highest BCUT2D eigenvalue weighted by Crippen LogP contribution is 2.27. The Morgan fingerprint density at radius 1 is 1.60 bits per heavy atom. The second-order valence-electron chi connectivity index (χ2n) is 4.40. The summed E-state index contributed by atoms with van der Waals surface area (Å²) < 4.78 is 1.01. The number of halogens is 1. The van der Waals surface area contributed by atoms with E-state index in [9.17, 15) is 0 Å². The van der Waals surface area contributed by atoms with Crippen LogP contribution in [0.3, 0.4) is 0 Å². The molecule has 0 spiro atoms. The number of pyridine rings is 1. The van der Waals surface area contributed by atoms with Crippen LogP contribution in [0.4, 0.5) is 11.5 Å². The van der Waals surface area contributed by atoms with Gasteiger partial charge in [0, 0.05) is 23.3 Å². The zero-order chi connectivity index (χ0) is 10.8. The Morgan fingerprint density at radius 2 is 2.40 bits per heavy atom. The van der Waals surface area contributed by atoms with E-state index in [0.717, 1.165) is 22.5 Å². The van der Waals surface area contributed by atoms with E-state index in [1.54, 1.807) is 0 Å². The summed E-state index contributed by atoms with van der Waals surface area (Å²) in [4.78, 5) is 4.36. The fourth-order valence-corrected chi connectivity index (χ4v) is 2.21. The molecule has 0 aromatic carbocycles. The first-order valence-electron chi connectivity index (χ1n) is 5.31. The lowest BCUT2D eigenvalue weighted by molar-refractivity contribution is 0.524. The zero-order valence-electron chi connectivity index (χ0n) is 9.05. The molecule has 1 aliphatic heterocycles. The predicted octanol–water partition coefficient (Wildman–Crippen LogP) is 3.10. The average Bonchev–Trinajstić information content (AvgIpc) is 2.17. The summed E-state index contributed by atoms with van der Waals surface area (Å²) in [7, 11) is 0. The first-order chi connectivity index (χ1) is 7.15. The molecule has 82 valence electrons. The molecule has 1 atom stereocenters. The van der Waals surface area contributed by atoms with Crippen LogP contribution in [-0.2, 0) is 0 Å². The topological polar surface area (TPSA) is 37.0 Å². The van der Waals surface area contributed by atoms with E-state index < -0.39 is 0 Å². The lowest BCUT2D eigenvalue weighted by atomic mass is 10.0. The van der Waals surface area contributed by atoms with Crippen molar-refractivity contribution in [3.63, 3.8) is 0 Å². The molecule has 2 heterocycles. The van der Waals surface area contributed by atoms with Crippen LogP contribution in [0.5, 0.6) is 0 Å². The van der Waals surface area contributed by atoms with E-state index in [1.807, 2.05) is 6.20 Å². The van der Waals surface area contributed by atoms with Gasteiger partial charge < -0.3 is 10.6 Å². The van der Waals surface area contributed by atoms with Gasteiger partial charge in [-0.15, -0.1) is 0 Å². The zero-order valence-corrected chi connectivity index (χ0v) is 10.6. The van der Waals surface area contributed by atoms with Crippen LogP contribution >= 0.6 is 15.9 Å². The summed E-state index contributed by atoms with van der Waals surface area (Å²) in [6, 6.07) is 2.55. The number of anilines is 2. The third kappa shape index (κ3) is 2.62. The van der Waals surface area contributed by atoms with Crippen molar-refractivity contribution in [1.82, 2.24) is 4.98 Å². The molecule has 2 N–H and O–H groups in total. The molecule has 0 fully saturated rings. The molecule has 1 aromatic rings. The summed E-state index contributed by atoms with van der Waals surface area (Å²) >= 11 is 3.42. The van der Waals surface area contributed by atoms with Gasteiger partial charge in [-0.2, -0.15) is 0 Å². The third-order valence-electron chi connectivity index (χ3n) is 2.49. The Labute approximate surface area is 98.8 Å². The summed E-state index contributed by atoms with van der Waals surface area (Å²) in [5.41, 5.74) is 1.09. The second kappa shape index (κ2) is 4.39. The third-order valence-corrected chi connectivity index (χ3v) is 2.92. The minimum atomic E-state index is 0.492. The molecule has 0 bridgehead atoms. The lowest BCUT2D eigenvalue weighted by Gasteiger charge is -2.28. The van der Waals surface area contributed by atoms with Gasteiger partial charge in [0.05, 0.1) is 5.69 Å². The van der Waals surface area contributed by atoms with Gasteiger partial charge >= 0.3 is 0 Å². The highest BCUT2D eigenvalue weighted by atomic mass is 79.9. The molecule has 0 saturated carbocycles. The van der Waals surface area contributed by atoms with Gasteiger partial charge in [-0.05, 0) is 34.3 Å². The normalized spacial score (nSPS) is 19.3. The molecule has 1 aromatic heterocycles. The van der Waals surface area contributed by atoms with Crippen LogP contribution < -0.4 is 10.6 Å². The van der Waals surface area contributed by atoms with E-state index >= 15 is 0 Å². The molecule has 15 heavy (non-hydrogen) atoms. The van der Waals surface area contributed by atoms with Gasteiger partial charge in [-0.3, -0.25) is 0 Å². The predicted molar refractivity (Wildman–Crippen MR) is 67.3 cm³/mol. The lowest BCUT2D eigenvalue weighted by Crippen LogP contribution is -2.34. The Hall–Kier alpha value is -0.770. The number of nitrogens with zero attached hydrogens (tertiary/aromatic N) is 1. The minimum Gasteiger partial charge on any atom is -0.380 e. The van der Waals surface area contributed by atoms with Crippen molar-refractivity contribution < 1.29 is 0 Å². The maximum atomic E-state index is 4.36. The van der Waals surface area contributed by atoms with E-state index in [1.165, 1.54) is 6.42 Å².